The van der Waals surface area contributed by atoms with E-state index in [4.69, 9.17) is 0 Å². The van der Waals surface area contributed by atoms with Crippen molar-refractivity contribution in [1.82, 2.24) is 10.2 Å². The largest absolute Gasteiger partial charge is 0.340 e. The molecule has 2 rings (SSSR count). The van der Waals surface area contributed by atoms with Crippen molar-refractivity contribution in [3.63, 3.8) is 0 Å². The number of amides is 1. The predicted octanol–water partition coefficient (Wildman–Crippen LogP) is 1.94. The van der Waals surface area contributed by atoms with Crippen LogP contribution >= 0.6 is 11.3 Å². The molecule has 0 aliphatic carbocycles. The Bertz CT molecular complexity index is 375. The Labute approximate surface area is 100 Å². The number of carbonyl (C=O) groups is 1. The first-order valence-electron chi connectivity index (χ1n) is 5.76. The van der Waals surface area contributed by atoms with Gasteiger partial charge in [-0.3, -0.25) is 4.79 Å². The molecule has 0 aromatic carbocycles. The van der Waals surface area contributed by atoms with Gasteiger partial charge in [0.25, 0.3) is 0 Å². The molecule has 0 spiro atoms. The molecule has 1 aromatic heterocycles. The van der Waals surface area contributed by atoms with E-state index >= 15 is 0 Å². The summed E-state index contributed by atoms with van der Waals surface area (Å²) in [5.74, 6) is 0.263. The number of aryl methyl sites for hydroxylation is 1. The zero-order valence-electron chi connectivity index (χ0n) is 9.82. The molecule has 2 heterocycles. The van der Waals surface area contributed by atoms with Crippen LogP contribution in [0.3, 0.4) is 0 Å². The number of carbonyl (C=O) groups excluding carboxylic acids is 1. The Hall–Kier alpha value is -0.870. The number of piperazine rings is 1. The van der Waals surface area contributed by atoms with E-state index in [1.165, 1.54) is 11.1 Å². The Morgan fingerprint density at radius 2 is 2.44 bits per heavy atom. The van der Waals surface area contributed by atoms with Gasteiger partial charge in [-0.05, 0) is 28.8 Å². The second kappa shape index (κ2) is 4.97. The van der Waals surface area contributed by atoms with Gasteiger partial charge in [0.2, 0.25) is 5.91 Å². The number of hydrogen-bond acceptors (Lipinski definition) is 3. The van der Waals surface area contributed by atoms with Crippen molar-refractivity contribution in [3.05, 3.63) is 21.9 Å². The zero-order chi connectivity index (χ0) is 11.5. The molecule has 0 radical (unpaired) electrons. The monoisotopic (exact) mass is 238 g/mol. The van der Waals surface area contributed by atoms with E-state index in [9.17, 15) is 4.79 Å². The minimum Gasteiger partial charge on any atom is -0.340 e. The summed E-state index contributed by atoms with van der Waals surface area (Å²) in [5.41, 5.74) is 2.67. The van der Waals surface area contributed by atoms with Crippen molar-refractivity contribution in [3.8, 4) is 0 Å². The molecule has 16 heavy (non-hydrogen) atoms. The van der Waals surface area contributed by atoms with E-state index in [-0.39, 0.29) is 5.91 Å². The van der Waals surface area contributed by atoms with Crippen LogP contribution in [-0.2, 0) is 4.79 Å². The van der Waals surface area contributed by atoms with E-state index in [0.717, 1.165) is 19.6 Å². The SMILES string of the molecule is CCC(=O)N1CCNC(c2cscc2C)C1. The molecule has 1 atom stereocenters. The van der Waals surface area contributed by atoms with E-state index in [1.54, 1.807) is 11.3 Å². The number of rotatable bonds is 2. The molecule has 1 saturated heterocycles. The maximum atomic E-state index is 11.7. The summed E-state index contributed by atoms with van der Waals surface area (Å²) in [6.07, 6.45) is 0.606. The van der Waals surface area contributed by atoms with Gasteiger partial charge in [0, 0.05) is 26.1 Å². The van der Waals surface area contributed by atoms with E-state index in [2.05, 4.69) is 23.0 Å². The number of thiophene rings is 1. The first-order valence-corrected chi connectivity index (χ1v) is 6.70. The van der Waals surface area contributed by atoms with Gasteiger partial charge in [0.15, 0.2) is 0 Å². The van der Waals surface area contributed by atoms with Crippen molar-refractivity contribution in [2.45, 2.75) is 26.3 Å². The normalized spacial score (nSPS) is 21.1. The summed E-state index contributed by atoms with van der Waals surface area (Å²) in [7, 11) is 0. The van der Waals surface area contributed by atoms with Gasteiger partial charge in [-0.2, -0.15) is 11.3 Å². The minimum atomic E-state index is 0.263. The van der Waals surface area contributed by atoms with Gasteiger partial charge in [-0.15, -0.1) is 0 Å². The Kier molecular flexibility index (Phi) is 3.61. The van der Waals surface area contributed by atoms with Crippen LogP contribution in [0.4, 0.5) is 0 Å². The molecular formula is C12H18N2OS. The predicted molar refractivity (Wildman–Crippen MR) is 66.7 cm³/mol. The van der Waals surface area contributed by atoms with Gasteiger partial charge in [-0.25, -0.2) is 0 Å². The average molecular weight is 238 g/mol. The highest BCUT2D eigenvalue weighted by Gasteiger charge is 2.24. The van der Waals surface area contributed by atoms with Gasteiger partial charge >= 0.3 is 0 Å². The van der Waals surface area contributed by atoms with Crippen LogP contribution in [0, 0.1) is 6.92 Å². The van der Waals surface area contributed by atoms with Gasteiger partial charge in [0.1, 0.15) is 0 Å². The van der Waals surface area contributed by atoms with Crippen molar-refractivity contribution in [2.75, 3.05) is 19.6 Å². The number of nitrogens with zero attached hydrogens (tertiary/aromatic N) is 1. The first-order chi connectivity index (χ1) is 7.72. The number of hydrogen-bond donors (Lipinski definition) is 1. The van der Waals surface area contributed by atoms with Gasteiger partial charge in [0.05, 0.1) is 6.04 Å². The highest BCUT2D eigenvalue weighted by Crippen LogP contribution is 2.24. The van der Waals surface area contributed by atoms with Gasteiger partial charge in [-0.1, -0.05) is 6.92 Å². The molecule has 3 nitrogen and oxygen atoms in total. The van der Waals surface area contributed by atoms with Crippen molar-refractivity contribution in [2.24, 2.45) is 0 Å². The van der Waals surface area contributed by atoms with Crippen LogP contribution in [0.1, 0.15) is 30.5 Å². The molecule has 88 valence electrons. The van der Waals surface area contributed by atoms with Crippen LogP contribution in [0.15, 0.2) is 10.8 Å². The lowest BCUT2D eigenvalue weighted by atomic mass is 10.0. The molecule has 1 amide bonds. The Balaban J connectivity index is 2.07. The molecule has 1 aliphatic heterocycles. The summed E-state index contributed by atoms with van der Waals surface area (Å²) in [6, 6.07) is 0.315. The van der Waals surface area contributed by atoms with E-state index in [1.807, 2.05) is 11.8 Å². The van der Waals surface area contributed by atoms with E-state index in [0.29, 0.717) is 12.5 Å². The lowest BCUT2D eigenvalue weighted by Crippen LogP contribution is -2.48. The lowest BCUT2D eigenvalue weighted by molar-refractivity contribution is -0.132. The first kappa shape index (κ1) is 11.6. The second-order valence-electron chi connectivity index (χ2n) is 4.21. The second-order valence-corrected chi connectivity index (χ2v) is 4.95. The fourth-order valence-corrected chi connectivity index (χ4v) is 3.04. The molecule has 0 saturated carbocycles. The van der Waals surface area contributed by atoms with Crippen molar-refractivity contribution < 1.29 is 4.79 Å². The summed E-state index contributed by atoms with van der Waals surface area (Å²) in [6.45, 7) is 6.60. The van der Waals surface area contributed by atoms with Crippen LogP contribution < -0.4 is 5.32 Å². The Morgan fingerprint density at radius 1 is 1.62 bits per heavy atom. The summed E-state index contributed by atoms with van der Waals surface area (Å²) in [4.78, 5) is 13.6. The van der Waals surface area contributed by atoms with E-state index < -0.39 is 0 Å². The van der Waals surface area contributed by atoms with Crippen molar-refractivity contribution in [1.29, 1.82) is 0 Å². The molecule has 1 aliphatic rings. The summed E-state index contributed by atoms with van der Waals surface area (Å²) < 4.78 is 0. The molecular weight excluding hydrogens is 220 g/mol. The molecule has 1 fully saturated rings. The standard InChI is InChI=1S/C12H18N2OS/c1-3-12(15)14-5-4-13-11(6-14)10-8-16-7-9(10)2/h7-8,11,13H,3-6H2,1-2H3. The van der Waals surface area contributed by atoms with Crippen LogP contribution in [-0.4, -0.2) is 30.4 Å². The topological polar surface area (TPSA) is 32.3 Å². The third-order valence-corrected chi connectivity index (χ3v) is 3.98. The maximum absolute atomic E-state index is 11.7. The zero-order valence-corrected chi connectivity index (χ0v) is 10.6. The molecule has 1 unspecified atom stereocenters. The smallest absolute Gasteiger partial charge is 0.222 e. The third-order valence-electron chi connectivity index (χ3n) is 3.10. The summed E-state index contributed by atoms with van der Waals surface area (Å²) in [5, 5.41) is 7.84. The lowest BCUT2D eigenvalue weighted by Gasteiger charge is -2.33. The minimum absolute atomic E-state index is 0.263. The third kappa shape index (κ3) is 2.28. The number of nitrogens with one attached hydrogen (secondary N) is 1. The highest BCUT2D eigenvalue weighted by molar-refractivity contribution is 7.08. The van der Waals surface area contributed by atoms with Crippen molar-refractivity contribution >= 4 is 17.2 Å². The average Bonchev–Trinajstić information content (AvgIpc) is 2.74. The highest BCUT2D eigenvalue weighted by atomic mass is 32.1. The fourth-order valence-electron chi connectivity index (χ4n) is 2.14. The Morgan fingerprint density at radius 3 is 3.06 bits per heavy atom. The summed E-state index contributed by atoms with van der Waals surface area (Å²) >= 11 is 1.73. The quantitative estimate of drug-likeness (QED) is 0.854. The molecule has 1 aromatic rings. The molecule has 0 bridgehead atoms. The fraction of sp³-hybridized carbons (Fsp3) is 0.583. The molecule has 1 N–H and O–H groups in total. The van der Waals surface area contributed by atoms with Crippen LogP contribution in [0.25, 0.3) is 0 Å². The van der Waals surface area contributed by atoms with Crippen LogP contribution in [0.2, 0.25) is 0 Å². The van der Waals surface area contributed by atoms with Crippen LogP contribution in [0.5, 0.6) is 0 Å². The van der Waals surface area contributed by atoms with Gasteiger partial charge < -0.3 is 10.2 Å². The maximum Gasteiger partial charge on any atom is 0.222 e. The molecule has 4 heteroatoms.